The number of rotatable bonds is 0. The summed E-state index contributed by atoms with van der Waals surface area (Å²) >= 11 is 0. The molecular formula is C10H11F3N2O. The lowest BCUT2D eigenvalue weighted by atomic mass is 9.85. The van der Waals surface area contributed by atoms with Crippen molar-refractivity contribution in [2.45, 2.75) is 38.4 Å². The molecule has 1 aliphatic carbocycles. The molecule has 6 heteroatoms. The molecular weight excluding hydrogens is 221 g/mol. The van der Waals surface area contributed by atoms with E-state index in [-0.39, 0.29) is 25.2 Å². The number of amides is 1. The highest BCUT2D eigenvalue weighted by Crippen LogP contribution is 2.36. The topological polar surface area (TPSA) is 41.8 Å². The average molecular weight is 232 g/mol. The van der Waals surface area contributed by atoms with Crippen LogP contribution in [0, 0.1) is 5.92 Å². The summed E-state index contributed by atoms with van der Waals surface area (Å²) in [6.07, 6.45) is -4.12. The predicted molar refractivity (Wildman–Crippen MR) is 52.7 cm³/mol. The number of halogens is 3. The first-order valence-corrected chi connectivity index (χ1v) is 5.13. The second kappa shape index (κ2) is 3.68. The van der Waals surface area contributed by atoms with Crippen LogP contribution in [0.5, 0.6) is 0 Å². The van der Waals surface area contributed by atoms with Gasteiger partial charge in [0.2, 0.25) is 0 Å². The fourth-order valence-electron chi connectivity index (χ4n) is 1.95. The van der Waals surface area contributed by atoms with Gasteiger partial charge < -0.3 is 0 Å². The van der Waals surface area contributed by atoms with Crippen LogP contribution in [-0.4, -0.2) is 29.5 Å². The molecule has 1 amide bonds. The number of alkyl halides is 3. The van der Waals surface area contributed by atoms with Crippen LogP contribution in [0.2, 0.25) is 0 Å². The second-order valence-corrected chi connectivity index (χ2v) is 4.13. The molecule has 2 rings (SSSR count). The van der Waals surface area contributed by atoms with Crippen LogP contribution in [0.25, 0.3) is 0 Å². The summed E-state index contributed by atoms with van der Waals surface area (Å²) in [5, 5.41) is 0. The van der Waals surface area contributed by atoms with E-state index in [9.17, 15) is 18.0 Å². The summed E-state index contributed by atoms with van der Waals surface area (Å²) in [5.74, 6) is -1.70. The molecule has 0 spiro atoms. The maximum absolute atomic E-state index is 12.5. The zero-order valence-corrected chi connectivity index (χ0v) is 8.71. The lowest BCUT2D eigenvalue weighted by Gasteiger charge is -2.28. The summed E-state index contributed by atoms with van der Waals surface area (Å²) in [6.45, 7) is 1.55. The van der Waals surface area contributed by atoms with Crippen LogP contribution >= 0.6 is 0 Å². The average Bonchev–Trinajstić information content (AvgIpc) is 2.17. The molecule has 0 aromatic carbocycles. The summed E-state index contributed by atoms with van der Waals surface area (Å²) in [7, 11) is 0. The molecule has 16 heavy (non-hydrogen) atoms. The normalized spacial score (nSPS) is 30.6. The largest absolute Gasteiger partial charge is 0.392 e. The third kappa shape index (κ3) is 2.01. The van der Waals surface area contributed by atoms with E-state index in [0.717, 1.165) is 0 Å². The van der Waals surface area contributed by atoms with Crippen molar-refractivity contribution in [2.24, 2.45) is 15.9 Å². The van der Waals surface area contributed by atoms with E-state index in [2.05, 4.69) is 9.98 Å². The van der Waals surface area contributed by atoms with E-state index < -0.39 is 18.1 Å². The van der Waals surface area contributed by atoms with Gasteiger partial charge in [0.1, 0.15) is 6.04 Å². The Hall–Kier alpha value is -1.20. The fourth-order valence-corrected chi connectivity index (χ4v) is 1.95. The standard InChI is InChI=1S/C10H11F3N2O/c1-5-9(16)15-7-3-2-6(10(11,12)13)4-8(7)14-5/h5-6H,2-4H2,1H3. The number of hydrogen-bond donors (Lipinski definition) is 0. The Morgan fingerprint density at radius 2 is 2.00 bits per heavy atom. The number of carbonyl (C=O) groups excluding carboxylic acids is 1. The molecule has 2 aliphatic rings. The Morgan fingerprint density at radius 1 is 1.31 bits per heavy atom. The molecule has 2 atom stereocenters. The van der Waals surface area contributed by atoms with Gasteiger partial charge in [0, 0.05) is 6.42 Å². The zero-order chi connectivity index (χ0) is 11.9. The molecule has 1 heterocycles. The van der Waals surface area contributed by atoms with Crippen LogP contribution in [0.3, 0.4) is 0 Å². The Bertz CT molecular complexity index is 384. The molecule has 1 aliphatic heterocycles. The molecule has 0 aromatic heterocycles. The van der Waals surface area contributed by atoms with E-state index in [4.69, 9.17) is 0 Å². The lowest BCUT2D eigenvalue weighted by Crippen LogP contribution is -2.37. The summed E-state index contributed by atoms with van der Waals surface area (Å²) < 4.78 is 37.5. The number of fused-ring (bicyclic) bond motifs is 1. The summed E-state index contributed by atoms with van der Waals surface area (Å²) in [6, 6.07) is -0.634. The van der Waals surface area contributed by atoms with Crippen molar-refractivity contribution in [3.05, 3.63) is 0 Å². The van der Waals surface area contributed by atoms with Gasteiger partial charge in [0.15, 0.2) is 0 Å². The molecule has 1 fully saturated rings. The van der Waals surface area contributed by atoms with Gasteiger partial charge in [-0.15, -0.1) is 0 Å². The third-order valence-electron chi connectivity index (χ3n) is 2.92. The van der Waals surface area contributed by atoms with E-state index >= 15 is 0 Å². The fraction of sp³-hybridized carbons (Fsp3) is 0.700. The predicted octanol–water partition coefficient (Wildman–Crippen LogP) is 2.16. The minimum Gasteiger partial charge on any atom is -0.275 e. The van der Waals surface area contributed by atoms with Gasteiger partial charge in [-0.1, -0.05) is 0 Å². The van der Waals surface area contributed by atoms with E-state index in [0.29, 0.717) is 11.4 Å². The maximum atomic E-state index is 12.5. The van der Waals surface area contributed by atoms with Crippen molar-refractivity contribution < 1.29 is 18.0 Å². The Labute approximate surface area is 90.5 Å². The molecule has 0 aromatic rings. The molecule has 0 saturated heterocycles. The lowest BCUT2D eigenvalue weighted by molar-refractivity contribution is -0.174. The Kier molecular flexibility index (Phi) is 2.59. The highest BCUT2D eigenvalue weighted by Gasteiger charge is 2.43. The van der Waals surface area contributed by atoms with Gasteiger partial charge in [0.05, 0.1) is 17.3 Å². The SMILES string of the molecule is CC1N=C2CC(C(F)(F)F)CCC2=NC1=O. The Balaban J connectivity index is 2.20. The first kappa shape index (κ1) is 11.3. The van der Waals surface area contributed by atoms with Crippen LogP contribution < -0.4 is 0 Å². The highest BCUT2D eigenvalue weighted by molar-refractivity contribution is 6.45. The van der Waals surface area contributed by atoms with Gasteiger partial charge in [0.25, 0.3) is 5.91 Å². The van der Waals surface area contributed by atoms with E-state index in [1.165, 1.54) is 0 Å². The van der Waals surface area contributed by atoms with Crippen molar-refractivity contribution in [2.75, 3.05) is 0 Å². The van der Waals surface area contributed by atoms with Crippen LogP contribution in [0.4, 0.5) is 13.2 Å². The van der Waals surface area contributed by atoms with Crippen LogP contribution in [-0.2, 0) is 4.79 Å². The maximum Gasteiger partial charge on any atom is 0.392 e. The van der Waals surface area contributed by atoms with Crippen molar-refractivity contribution >= 4 is 17.3 Å². The molecule has 0 N–H and O–H groups in total. The summed E-state index contributed by atoms with van der Waals surface area (Å²) in [5.41, 5.74) is 0.810. The molecule has 3 nitrogen and oxygen atoms in total. The quantitative estimate of drug-likeness (QED) is 0.631. The monoisotopic (exact) mass is 232 g/mol. The third-order valence-corrected chi connectivity index (χ3v) is 2.92. The van der Waals surface area contributed by atoms with Crippen molar-refractivity contribution in [3.8, 4) is 0 Å². The number of nitrogens with zero attached hydrogens (tertiary/aromatic N) is 2. The van der Waals surface area contributed by atoms with Crippen molar-refractivity contribution in [1.82, 2.24) is 0 Å². The molecule has 2 unspecified atom stereocenters. The minimum atomic E-state index is -4.18. The van der Waals surface area contributed by atoms with Gasteiger partial charge in [-0.2, -0.15) is 13.2 Å². The first-order chi connectivity index (χ1) is 7.38. The van der Waals surface area contributed by atoms with Crippen molar-refractivity contribution in [3.63, 3.8) is 0 Å². The smallest absolute Gasteiger partial charge is 0.275 e. The number of aliphatic imine (C=N–C) groups is 2. The van der Waals surface area contributed by atoms with Gasteiger partial charge in [-0.05, 0) is 19.8 Å². The van der Waals surface area contributed by atoms with E-state index in [1.54, 1.807) is 6.92 Å². The summed E-state index contributed by atoms with van der Waals surface area (Å²) in [4.78, 5) is 19.0. The molecule has 0 radical (unpaired) electrons. The van der Waals surface area contributed by atoms with Gasteiger partial charge in [-0.3, -0.25) is 9.79 Å². The molecule has 1 saturated carbocycles. The van der Waals surface area contributed by atoms with Gasteiger partial charge in [-0.25, -0.2) is 4.99 Å². The highest BCUT2D eigenvalue weighted by atomic mass is 19.4. The van der Waals surface area contributed by atoms with E-state index in [1.807, 2.05) is 0 Å². The van der Waals surface area contributed by atoms with Crippen molar-refractivity contribution in [1.29, 1.82) is 0 Å². The van der Waals surface area contributed by atoms with Crippen LogP contribution in [0.1, 0.15) is 26.2 Å². The van der Waals surface area contributed by atoms with Gasteiger partial charge >= 0.3 is 6.18 Å². The Morgan fingerprint density at radius 3 is 2.62 bits per heavy atom. The zero-order valence-electron chi connectivity index (χ0n) is 8.71. The first-order valence-electron chi connectivity index (χ1n) is 5.13. The molecule has 88 valence electrons. The number of carbonyl (C=O) groups is 1. The second-order valence-electron chi connectivity index (χ2n) is 4.13. The minimum absolute atomic E-state index is 0.00299. The van der Waals surface area contributed by atoms with Crippen LogP contribution in [0.15, 0.2) is 9.98 Å². The number of hydrogen-bond acceptors (Lipinski definition) is 2. The molecule has 0 bridgehead atoms.